The summed E-state index contributed by atoms with van der Waals surface area (Å²) >= 11 is 1.89. The molecule has 0 aromatic heterocycles. The van der Waals surface area contributed by atoms with Crippen molar-refractivity contribution in [2.24, 2.45) is 0 Å². The van der Waals surface area contributed by atoms with Gasteiger partial charge in [-0.2, -0.15) is 0 Å². The normalized spacial score (nSPS) is 7.79. The van der Waals surface area contributed by atoms with Crippen LogP contribution in [0, 0.1) is 31.8 Å². The van der Waals surface area contributed by atoms with E-state index in [1.807, 2.05) is 22.6 Å². The summed E-state index contributed by atoms with van der Waals surface area (Å²) in [6.45, 7) is 0. The molecule has 0 atom stereocenters. The number of hydrogen-bond acceptors (Lipinski definition) is 2. The van der Waals surface area contributed by atoms with Gasteiger partial charge in [0.2, 0.25) is 0 Å². The van der Waals surface area contributed by atoms with Gasteiger partial charge in [0.15, 0.2) is 0 Å². The highest BCUT2D eigenvalue weighted by Crippen LogP contribution is 2.10. The fraction of sp³-hybridized carbons (Fsp3) is 0. The van der Waals surface area contributed by atoms with Crippen LogP contribution in [0.3, 0.4) is 0 Å². The first-order chi connectivity index (χ1) is 6.74. The van der Waals surface area contributed by atoms with Crippen LogP contribution in [-0.4, -0.2) is 4.92 Å². The van der Waals surface area contributed by atoms with Crippen molar-refractivity contribution in [3.63, 3.8) is 0 Å². The Morgan fingerprint density at radius 2 is 1.86 bits per heavy atom. The summed E-state index contributed by atoms with van der Waals surface area (Å²) in [6, 6.07) is 6.03. The van der Waals surface area contributed by atoms with Gasteiger partial charge in [0.05, 0.1) is 4.92 Å². The van der Waals surface area contributed by atoms with Crippen molar-refractivity contribution in [1.29, 1.82) is 0 Å². The molecule has 0 unspecified atom stereocenters. The van der Waals surface area contributed by atoms with Crippen LogP contribution in [-0.2, 0) is 0 Å². The molecule has 1 aromatic rings. The van der Waals surface area contributed by atoms with Crippen LogP contribution in [0.1, 0.15) is 5.56 Å². The Hall–Kier alpha value is -1.53. The molecule has 0 aliphatic carbocycles. The van der Waals surface area contributed by atoms with Crippen molar-refractivity contribution in [3.05, 3.63) is 39.9 Å². The highest BCUT2D eigenvalue weighted by Gasteiger charge is 2.01. The van der Waals surface area contributed by atoms with Gasteiger partial charge in [0.25, 0.3) is 5.69 Å². The lowest BCUT2D eigenvalue weighted by Gasteiger charge is -1.90. The van der Waals surface area contributed by atoms with Crippen molar-refractivity contribution in [2.75, 3.05) is 0 Å². The summed E-state index contributed by atoms with van der Waals surface area (Å²) in [4.78, 5) is 9.88. The molecule has 14 heavy (non-hydrogen) atoms. The van der Waals surface area contributed by atoms with Crippen molar-refractivity contribution in [1.82, 2.24) is 0 Å². The number of nitro groups is 1. The largest absolute Gasteiger partial charge is 0.269 e. The molecule has 0 radical (unpaired) electrons. The van der Waals surface area contributed by atoms with Gasteiger partial charge < -0.3 is 0 Å². The van der Waals surface area contributed by atoms with Crippen LogP contribution < -0.4 is 0 Å². The Balaban J connectivity index is 2.89. The maximum atomic E-state index is 10.3. The van der Waals surface area contributed by atoms with E-state index in [1.165, 1.54) is 12.1 Å². The molecule has 68 valence electrons. The van der Waals surface area contributed by atoms with E-state index in [0.717, 1.165) is 5.56 Å². The number of nitro benzene ring substituents is 1. The second-order valence-electron chi connectivity index (χ2n) is 2.27. The predicted molar refractivity (Wildman–Crippen MR) is 61.8 cm³/mol. The van der Waals surface area contributed by atoms with Crippen LogP contribution >= 0.6 is 22.6 Å². The Morgan fingerprint density at radius 1 is 1.21 bits per heavy atom. The molecule has 0 bridgehead atoms. The smallest absolute Gasteiger partial charge is 0.258 e. The molecule has 0 aliphatic rings. The SMILES string of the molecule is O=[N+]([O-])c1ccc(C#CC#CI)cc1. The molecule has 0 spiro atoms. The summed E-state index contributed by atoms with van der Waals surface area (Å²) in [5.74, 6) is 7.95. The first-order valence-corrected chi connectivity index (χ1v) is 4.68. The second-order valence-corrected chi connectivity index (χ2v) is 2.81. The van der Waals surface area contributed by atoms with Crippen molar-refractivity contribution >= 4 is 28.3 Å². The van der Waals surface area contributed by atoms with Crippen molar-refractivity contribution in [3.8, 4) is 21.7 Å². The lowest BCUT2D eigenvalue weighted by atomic mass is 10.2. The quantitative estimate of drug-likeness (QED) is 0.345. The summed E-state index contributed by atoms with van der Waals surface area (Å²) in [6.07, 6.45) is 0. The van der Waals surface area contributed by atoms with E-state index in [9.17, 15) is 10.1 Å². The van der Waals surface area contributed by atoms with Crippen LogP contribution in [0.25, 0.3) is 0 Å². The Morgan fingerprint density at radius 3 is 2.36 bits per heavy atom. The van der Waals surface area contributed by atoms with Gasteiger partial charge in [-0.1, -0.05) is 5.92 Å². The van der Waals surface area contributed by atoms with Crippen LogP contribution in [0.15, 0.2) is 24.3 Å². The summed E-state index contributed by atoms with van der Waals surface area (Å²) in [5, 5.41) is 10.3. The third kappa shape index (κ3) is 3.08. The first kappa shape index (κ1) is 10.6. The minimum Gasteiger partial charge on any atom is -0.258 e. The molecular formula is C10H4INO2. The molecular weight excluding hydrogens is 293 g/mol. The Labute approximate surface area is 94.8 Å². The summed E-state index contributed by atoms with van der Waals surface area (Å²) in [7, 11) is 0. The Kier molecular flexibility index (Phi) is 3.96. The van der Waals surface area contributed by atoms with Crippen molar-refractivity contribution in [2.45, 2.75) is 0 Å². The number of hydrogen-bond donors (Lipinski definition) is 0. The van der Waals surface area contributed by atoms with Gasteiger partial charge in [-0.3, -0.25) is 10.1 Å². The van der Waals surface area contributed by atoms with Gasteiger partial charge >= 0.3 is 0 Å². The van der Waals surface area contributed by atoms with Crippen LogP contribution in [0.5, 0.6) is 0 Å². The number of halogens is 1. The maximum Gasteiger partial charge on any atom is 0.269 e. The van der Waals surface area contributed by atoms with E-state index < -0.39 is 4.92 Å². The molecule has 0 amide bonds. The van der Waals surface area contributed by atoms with E-state index in [1.54, 1.807) is 12.1 Å². The first-order valence-electron chi connectivity index (χ1n) is 3.60. The maximum absolute atomic E-state index is 10.3. The molecule has 4 heteroatoms. The molecule has 3 nitrogen and oxygen atoms in total. The van der Waals surface area contributed by atoms with Gasteiger partial charge in [-0.05, 0) is 27.9 Å². The van der Waals surface area contributed by atoms with Crippen LogP contribution in [0.4, 0.5) is 5.69 Å². The molecule has 1 aromatic carbocycles. The molecule has 0 aliphatic heterocycles. The molecule has 0 fully saturated rings. The monoisotopic (exact) mass is 297 g/mol. The molecule has 0 saturated heterocycles. The third-order valence-corrected chi connectivity index (χ3v) is 1.66. The minimum atomic E-state index is -0.443. The topological polar surface area (TPSA) is 43.1 Å². The standard InChI is InChI=1S/C10H4INO2/c11-8-2-1-3-9-4-6-10(7-5-9)12(13)14/h4-7H. The van der Waals surface area contributed by atoms with E-state index in [0.29, 0.717) is 0 Å². The molecule has 0 N–H and O–H groups in total. The fourth-order valence-electron chi connectivity index (χ4n) is 0.794. The zero-order chi connectivity index (χ0) is 10.4. The summed E-state index contributed by atoms with van der Waals surface area (Å²) in [5.41, 5.74) is 0.783. The summed E-state index contributed by atoms with van der Waals surface area (Å²) < 4.78 is 2.61. The second kappa shape index (κ2) is 5.25. The van der Waals surface area contributed by atoms with Gasteiger partial charge in [0.1, 0.15) is 0 Å². The van der Waals surface area contributed by atoms with E-state index in [2.05, 4.69) is 21.7 Å². The van der Waals surface area contributed by atoms with Gasteiger partial charge in [-0.15, -0.1) is 0 Å². The number of rotatable bonds is 1. The number of benzene rings is 1. The molecule has 0 saturated carbocycles. The number of nitrogens with zero attached hydrogens (tertiary/aromatic N) is 1. The van der Waals surface area contributed by atoms with E-state index in [-0.39, 0.29) is 5.69 Å². The average molecular weight is 297 g/mol. The lowest BCUT2D eigenvalue weighted by molar-refractivity contribution is -0.384. The zero-order valence-electron chi connectivity index (χ0n) is 6.95. The molecule has 0 heterocycles. The van der Waals surface area contributed by atoms with E-state index in [4.69, 9.17) is 0 Å². The van der Waals surface area contributed by atoms with E-state index >= 15 is 0 Å². The minimum absolute atomic E-state index is 0.0653. The third-order valence-electron chi connectivity index (χ3n) is 1.39. The Bertz CT molecular complexity index is 457. The number of non-ortho nitro benzene ring substituents is 1. The van der Waals surface area contributed by atoms with Crippen molar-refractivity contribution < 1.29 is 4.92 Å². The lowest BCUT2D eigenvalue weighted by Crippen LogP contribution is -1.86. The van der Waals surface area contributed by atoms with Gasteiger partial charge in [0, 0.05) is 40.3 Å². The van der Waals surface area contributed by atoms with Crippen LogP contribution in [0.2, 0.25) is 0 Å². The zero-order valence-corrected chi connectivity index (χ0v) is 9.11. The van der Waals surface area contributed by atoms with Gasteiger partial charge in [-0.25, -0.2) is 0 Å². The average Bonchev–Trinajstić information content (AvgIpc) is 2.19. The fourth-order valence-corrected chi connectivity index (χ4v) is 0.928. The highest BCUT2D eigenvalue weighted by atomic mass is 127. The highest BCUT2D eigenvalue weighted by molar-refractivity contribution is 14.1. The predicted octanol–water partition coefficient (Wildman–Crippen LogP) is 2.34. The molecule has 1 rings (SSSR count).